The molecule has 0 spiro atoms. The Hall–Kier alpha value is -1.89. The first kappa shape index (κ1) is 23.1. The summed E-state index contributed by atoms with van der Waals surface area (Å²) in [5.41, 5.74) is 0.917. The van der Waals surface area contributed by atoms with Crippen LogP contribution < -0.4 is 5.32 Å². The summed E-state index contributed by atoms with van der Waals surface area (Å²) in [4.78, 5) is 37.4. The number of amides is 1. The predicted molar refractivity (Wildman–Crippen MR) is 107 cm³/mol. The Kier molecular flexibility index (Phi) is 9.49. The van der Waals surface area contributed by atoms with Crippen LogP contribution in [0.2, 0.25) is 0 Å². The number of nitrogens with one attached hydrogen (secondary N) is 1. The molecule has 0 aliphatic rings. The normalized spacial score (nSPS) is 11.0. The van der Waals surface area contributed by atoms with Crippen molar-refractivity contribution in [3.05, 3.63) is 34.9 Å². The van der Waals surface area contributed by atoms with Crippen LogP contribution >= 0.6 is 15.9 Å². The number of aryl methyl sites for hydroxylation is 2. The fourth-order valence-electron chi connectivity index (χ4n) is 2.89. The monoisotopic (exact) mass is 441 g/mol. The number of carbonyl (C=O) groups is 3. The minimum absolute atomic E-state index is 0.0243. The van der Waals surface area contributed by atoms with Crippen molar-refractivity contribution in [1.29, 1.82) is 0 Å². The molecule has 0 fully saturated rings. The van der Waals surface area contributed by atoms with E-state index in [9.17, 15) is 14.4 Å². The smallest absolute Gasteiger partial charge is 0.344 e. The molecule has 0 aliphatic heterocycles. The summed E-state index contributed by atoms with van der Waals surface area (Å²) >= 11 is 3.42. The third-order valence-electron chi connectivity index (χ3n) is 4.03. The lowest BCUT2D eigenvalue weighted by Crippen LogP contribution is -2.62. The number of rotatable bonds is 10. The second-order valence-electron chi connectivity index (χ2n) is 6.27. The van der Waals surface area contributed by atoms with Gasteiger partial charge in [0.1, 0.15) is 0 Å². The number of hydrogen-bond acceptors (Lipinski definition) is 5. The zero-order valence-electron chi connectivity index (χ0n) is 16.4. The van der Waals surface area contributed by atoms with E-state index in [2.05, 4.69) is 21.2 Å². The van der Waals surface area contributed by atoms with Crippen LogP contribution in [-0.4, -0.2) is 41.9 Å². The molecular weight excluding hydrogens is 414 g/mol. The van der Waals surface area contributed by atoms with Crippen LogP contribution in [0.4, 0.5) is 0 Å². The Bertz CT molecular complexity index is 656. The summed E-state index contributed by atoms with van der Waals surface area (Å²) in [6.07, 6.45) is 1.66. The van der Waals surface area contributed by atoms with Crippen LogP contribution in [-0.2, 0) is 36.7 Å². The summed E-state index contributed by atoms with van der Waals surface area (Å²) in [6, 6.07) is 5.91. The molecule has 0 bridgehead atoms. The van der Waals surface area contributed by atoms with Crippen molar-refractivity contribution in [2.45, 2.75) is 52.5 Å². The molecule has 1 aromatic rings. The standard InChI is InChI=1S/C20H28BrNO5/c1-5-26-18(24)20(22-15(4)23,19(25)27-6-2)13-17-12-14(3)9-10-16(17)8-7-11-21/h9-10,12H,5-8,11,13H2,1-4H3,(H,22,23). The van der Waals surface area contributed by atoms with Gasteiger partial charge in [-0.15, -0.1) is 0 Å². The van der Waals surface area contributed by atoms with Gasteiger partial charge in [-0.25, -0.2) is 9.59 Å². The SMILES string of the molecule is CCOC(=O)C(Cc1cc(C)ccc1CCCBr)(NC(C)=O)C(=O)OCC. The Labute approximate surface area is 169 Å². The maximum absolute atomic E-state index is 12.8. The molecule has 1 N–H and O–H groups in total. The number of ether oxygens (including phenoxy) is 2. The number of benzene rings is 1. The highest BCUT2D eigenvalue weighted by atomic mass is 79.9. The van der Waals surface area contributed by atoms with Gasteiger partial charge in [-0.05, 0) is 44.7 Å². The van der Waals surface area contributed by atoms with Crippen molar-refractivity contribution >= 4 is 33.8 Å². The van der Waals surface area contributed by atoms with Crippen LogP contribution in [0, 0.1) is 6.92 Å². The van der Waals surface area contributed by atoms with Crippen LogP contribution in [0.1, 0.15) is 43.9 Å². The average Bonchev–Trinajstić information content (AvgIpc) is 2.60. The van der Waals surface area contributed by atoms with Gasteiger partial charge in [0.15, 0.2) is 0 Å². The van der Waals surface area contributed by atoms with Gasteiger partial charge in [0, 0.05) is 18.7 Å². The molecule has 0 aromatic heterocycles. The summed E-state index contributed by atoms with van der Waals surface area (Å²) in [5, 5.41) is 3.36. The highest BCUT2D eigenvalue weighted by Gasteiger charge is 2.50. The average molecular weight is 442 g/mol. The maximum Gasteiger partial charge on any atom is 0.344 e. The number of hydrogen-bond donors (Lipinski definition) is 1. The van der Waals surface area contributed by atoms with E-state index in [4.69, 9.17) is 9.47 Å². The first-order valence-electron chi connectivity index (χ1n) is 9.08. The van der Waals surface area contributed by atoms with Crippen molar-refractivity contribution < 1.29 is 23.9 Å². The van der Waals surface area contributed by atoms with Gasteiger partial charge in [0.05, 0.1) is 13.2 Å². The van der Waals surface area contributed by atoms with E-state index in [0.29, 0.717) is 0 Å². The molecule has 0 unspecified atom stereocenters. The zero-order valence-corrected chi connectivity index (χ0v) is 18.0. The number of carbonyl (C=O) groups excluding carboxylic acids is 3. The Morgan fingerprint density at radius 2 is 1.67 bits per heavy atom. The summed E-state index contributed by atoms with van der Waals surface area (Å²) in [7, 11) is 0. The molecular formula is C20H28BrNO5. The molecule has 0 radical (unpaired) electrons. The van der Waals surface area contributed by atoms with Crippen molar-refractivity contribution in [1.82, 2.24) is 5.32 Å². The van der Waals surface area contributed by atoms with E-state index < -0.39 is 23.4 Å². The lowest BCUT2D eigenvalue weighted by molar-refractivity contribution is -0.168. The van der Waals surface area contributed by atoms with Crippen LogP contribution in [0.5, 0.6) is 0 Å². The van der Waals surface area contributed by atoms with E-state index >= 15 is 0 Å². The van der Waals surface area contributed by atoms with Crippen molar-refractivity contribution in [3.8, 4) is 0 Å². The topological polar surface area (TPSA) is 81.7 Å². The van der Waals surface area contributed by atoms with Gasteiger partial charge < -0.3 is 14.8 Å². The largest absolute Gasteiger partial charge is 0.464 e. The molecule has 0 saturated carbocycles. The van der Waals surface area contributed by atoms with Crippen molar-refractivity contribution in [3.63, 3.8) is 0 Å². The second-order valence-corrected chi connectivity index (χ2v) is 7.06. The highest BCUT2D eigenvalue weighted by molar-refractivity contribution is 9.09. The molecule has 0 aliphatic carbocycles. The first-order valence-corrected chi connectivity index (χ1v) is 10.2. The van der Waals surface area contributed by atoms with Gasteiger partial charge in [0.2, 0.25) is 11.4 Å². The van der Waals surface area contributed by atoms with Gasteiger partial charge >= 0.3 is 11.9 Å². The predicted octanol–water partition coefficient (Wildman–Crippen LogP) is 2.87. The van der Waals surface area contributed by atoms with E-state index in [1.807, 2.05) is 25.1 Å². The third kappa shape index (κ3) is 6.34. The van der Waals surface area contributed by atoms with Gasteiger partial charge in [-0.1, -0.05) is 39.7 Å². The third-order valence-corrected chi connectivity index (χ3v) is 4.60. The number of alkyl halides is 1. The molecule has 0 heterocycles. The molecule has 0 saturated heterocycles. The first-order chi connectivity index (χ1) is 12.8. The molecule has 7 heteroatoms. The van der Waals surface area contributed by atoms with Gasteiger partial charge in [0.25, 0.3) is 0 Å². The molecule has 1 rings (SSSR count). The van der Waals surface area contributed by atoms with Crippen LogP contribution in [0.15, 0.2) is 18.2 Å². The fraction of sp³-hybridized carbons (Fsp3) is 0.550. The maximum atomic E-state index is 12.8. The molecule has 1 amide bonds. The van der Waals surface area contributed by atoms with Crippen molar-refractivity contribution in [2.75, 3.05) is 18.5 Å². The molecule has 0 atom stereocenters. The van der Waals surface area contributed by atoms with Gasteiger partial charge in [-0.3, -0.25) is 4.79 Å². The number of halogens is 1. The Balaban J connectivity index is 3.45. The fourth-order valence-corrected chi connectivity index (χ4v) is 3.17. The van der Waals surface area contributed by atoms with Crippen molar-refractivity contribution in [2.24, 2.45) is 0 Å². The van der Waals surface area contributed by atoms with Gasteiger partial charge in [-0.2, -0.15) is 0 Å². The minimum Gasteiger partial charge on any atom is -0.464 e. The minimum atomic E-state index is -1.91. The summed E-state index contributed by atoms with van der Waals surface area (Å²) < 4.78 is 10.3. The molecule has 150 valence electrons. The summed E-state index contributed by atoms with van der Waals surface area (Å²) in [6.45, 7) is 6.67. The molecule has 27 heavy (non-hydrogen) atoms. The number of esters is 2. The molecule has 6 nitrogen and oxygen atoms in total. The summed E-state index contributed by atoms with van der Waals surface area (Å²) in [5.74, 6) is -2.14. The van der Waals surface area contributed by atoms with Crippen LogP contribution in [0.25, 0.3) is 0 Å². The zero-order chi connectivity index (χ0) is 20.4. The lowest BCUT2D eigenvalue weighted by Gasteiger charge is -2.30. The Morgan fingerprint density at radius 1 is 1.07 bits per heavy atom. The quantitative estimate of drug-likeness (QED) is 0.342. The Morgan fingerprint density at radius 3 is 2.15 bits per heavy atom. The van der Waals surface area contributed by atoms with E-state index in [0.717, 1.165) is 34.9 Å². The van der Waals surface area contributed by atoms with E-state index in [-0.39, 0.29) is 19.6 Å². The second kappa shape index (κ2) is 11.1. The molecule has 1 aromatic carbocycles. The van der Waals surface area contributed by atoms with E-state index in [1.54, 1.807) is 13.8 Å². The highest BCUT2D eigenvalue weighted by Crippen LogP contribution is 2.23. The lowest BCUT2D eigenvalue weighted by atomic mass is 9.86. The van der Waals surface area contributed by atoms with E-state index in [1.165, 1.54) is 6.92 Å². The van der Waals surface area contributed by atoms with Crippen LogP contribution in [0.3, 0.4) is 0 Å².